The lowest BCUT2D eigenvalue weighted by atomic mass is 10.1. The molecule has 0 aliphatic heterocycles. The Morgan fingerprint density at radius 3 is 2.65 bits per heavy atom. The van der Waals surface area contributed by atoms with Gasteiger partial charge in [0, 0.05) is 19.3 Å². The smallest absolute Gasteiger partial charge is 0.0949 e. The molecule has 1 aromatic carbocycles. The molecule has 0 amide bonds. The number of aryl methyl sites for hydroxylation is 2. The molecule has 3 nitrogen and oxygen atoms in total. The van der Waals surface area contributed by atoms with Crippen LogP contribution >= 0.6 is 0 Å². The molecule has 0 radical (unpaired) electrons. The minimum absolute atomic E-state index is 0.525. The van der Waals surface area contributed by atoms with Crippen LogP contribution in [0.3, 0.4) is 0 Å². The molecule has 0 fully saturated rings. The van der Waals surface area contributed by atoms with Gasteiger partial charge in [0.05, 0.1) is 12.0 Å². The molecule has 0 aliphatic carbocycles. The van der Waals surface area contributed by atoms with Gasteiger partial charge in [-0.2, -0.15) is 0 Å². The maximum atomic E-state index is 5.52. The van der Waals surface area contributed by atoms with Gasteiger partial charge in [0.25, 0.3) is 0 Å². The largest absolute Gasteiger partial charge is 0.337 e. The zero-order valence-electron chi connectivity index (χ0n) is 10.0. The Bertz CT molecular complexity index is 434. The molecule has 90 valence electrons. The first-order valence-electron chi connectivity index (χ1n) is 6.13. The van der Waals surface area contributed by atoms with Gasteiger partial charge < -0.3 is 10.3 Å². The van der Waals surface area contributed by atoms with E-state index in [1.165, 1.54) is 18.4 Å². The topological polar surface area (TPSA) is 43.8 Å². The highest BCUT2D eigenvalue weighted by molar-refractivity contribution is 5.14. The molecule has 2 aromatic rings. The van der Waals surface area contributed by atoms with Gasteiger partial charge in [-0.1, -0.05) is 30.3 Å². The fourth-order valence-corrected chi connectivity index (χ4v) is 1.90. The van der Waals surface area contributed by atoms with E-state index in [2.05, 4.69) is 39.9 Å². The lowest BCUT2D eigenvalue weighted by molar-refractivity contribution is 0.608. The third kappa shape index (κ3) is 3.71. The van der Waals surface area contributed by atoms with Crippen LogP contribution in [0.15, 0.2) is 42.9 Å². The molecule has 0 bridgehead atoms. The molecule has 1 aromatic heterocycles. The van der Waals surface area contributed by atoms with Crippen molar-refractivity contribution in [3.8, 4) is 0 Å². The SMILES string of the molecule is NCc1cn(CCCCc2ccccc2)cn1. The van der Waals surface area contributed by atoms with Crippen LogP contribution in [0.25, 0.3) is 0 Å². The third-order valence-corrected chi connectivity index (χ3v) is 2.87. The predicted octanol–water partition coefficient (Wildman–Crippen LogP) is 2.36. The molecule has 2 N–H and O–H groups in total. The van der Waals surface area contributed by atoms with Gasteiger partial charge in [-0.25, -0.2) is 4.98 Å². The quantitative estimate of drug-likeness (QED) is 0.773. The Labute approximate surface area is 102 Å². The van der Waals surface area contributed by atoms with Crippen LogP contribution in [-0.4, -0.2) is 9.55 Å². The highest BCUT2D eigenvalue weighted by atomic mass is 15.0. The van der Waals surface area contributed by atoms with Crippen molar-refractivity contribution in [2.75, 3.05) is 0 Å². The molecule has 0 saturated heterocycles. The number of hydrogen-bond acceptors (Lipinski definition) is 2. The predicted molar refractivity (Wildman–Crippen MR) is 69.5 cm³/mol. The monoisotopic (exact) mass is 229 g/mol. The van der Waals surface area contributed by atoms with E-state index in [0.717, 1.165) is 18.7 Å². The van der Waals surface area contributed by atoms with E-state index in [1.807, 2.05) is 12.5 Å². The summed E-state index contributed by atoms with van der Waals surface area (Å²) < 4.78 is 2.12. The molecule has 0 spiro atoms. The zero-order valence-corrected chi connectivity index (χ0v) is 10.0. The fourth-order valence-electron chi connectivity index (χ4n) is 1.90. The molecule has 1 heterocycles. The normalized spacial score (nSPS) is 10.6. The molecule has 2 rings (SSSR count). The number of imidazole rings is 1. The van der Waals surface area contributed by atoms with E-state index < -0.39 is 0 Å². The van der Waals surface area contributed by atoms with Crippen LogP contribution in [0, 0.1) is 0 Å². The van der Waals surface area contributed by atoms with Gasteiger partial charge in [-0.15, -0.1) is 0 Å². The Kier molecular flexibility index (Phi) is 4.33. The van der Waals surface area contributed by atoms with Crippen LogP contribution in [0.2, 0.25) is 0 Å². The first-order chi connectivity index (χ1) is 8.38. The van der Waals surface area contributed by atoms with Crippen molar-refractivity contribution >= 4 is 0 Å². The lowest BCUT2D eigenvalue weighted by Gasteiger charge is -2.02. The zero-order chi connectivity index (χ0) is 11.9. The number of nitrogens with two attached hydrogens (primary N) is 1. The second kappa shape index (κ2) is 6.21. The van der Waals surface area contributed by atoms with Gasteiger partial charge >= 0.3 is 0 Å². The van der Waals surface area contributed by atoms with Gasteiger partial charge in [0.2, 0.25) is 0 Å². The maximum Gasteiger partial charge on any atom is 0.0949 e. The summed E-state index contributed by atoms with van der Waals surface area (Å²) in [6.07, 6.45) is 7.43. The molecule has 0 saturated carbocycles. The van der Waals surface area contributed by atoms with Crippen LogP contribution in [0.1, 0.15) is 24.1 Å². The number of hydrogen-bond donors (Lipinski definition) is 1. The number of benzene rings is 1. The lowest BCUT2D eigenvalue weighted by Crippen LogP contribution is -1.97. The second-order valence-electron chi connectivity index (χ2n) is 4.25. The minimum atomic E-state index is 0.525. The van der Waals surface area contributed by atoms with Crippen molar-refractivity contribution in [3.05, 3.63) is 54.1 Å². The van der Waals surface area contributed by atoms with Crippen LogP contribution < -0.4 is 5.73 Å². The van der Waals surface area contributed by atoms with Crippen LogP contribution in [0.4, 0.5) is 0 Å². The summed E-state index contributed by atoms with van der Waals surface area (Å²) in [5, 5.41) is 0. The van der Waals surface area contributed by atoms with Crippen molar-refractivity contribution in [2.24, 2.45) is 5.73 Å². The summed E-state index contributed by atoms with van der Waals surface area (Å²) >= 11 is 0. The number of unbranched alkanes of at least 4 members (excludes halogenated alkanes) is 1. The second-order valence-corrected chi connectivity index (χ2v) is 4.25. The molecular weight excluding hydrogens is 210 g/mol. The Morgan fingerprint density at radius 2 is 1.94 bits per heavy atom. The maximum absolute atomic E-state index is 5.52. The van der Waals surface area contributed by atoms with E-state index in [-0.39, 0.29) is 0 Å². The molecule has 0 aliphatic rings. The van der Waals surface area contributed by atoms with Crippen molar-refractivity contribution in [3.63, 3.8) is 0 Å². The van der Waals surface area contributed by atoms with Gasteiger partial charge in [0.1, 0.15) is 0 Å². The Balaban J connectivity index is 1.69. The molecular formula is C14H19N3. The van der Waals surface area contributed by atoms with Crippen molar-refractivity contribution in [2.45, 2.75) is 32.4 Å². The Morgan fingerprint density at radius 1 is 1.12 bits per heavy atom. The van der Waals surface area contributed by atoms with Crippen molar-refractivity contribution in [1.29, 1.82) is 0 Å². The molecule has 0 atom stereocenters. The summed E-state index contributed by atoms with van der Waals surface area (Å²) in [6.45, 7) is 1.55. The summed E-state index contributed by atoms with van der Waals surface area (Å²) in [5.41, 5.74) is 7.90. The van der Waals surface area contributed by atoms with E-state index in [9.17, 15) is 0 Å². The molecule has 0 unspecified atom stereocenters. The third-order valence-electron chi connectivity index (χ3n) is 2.87. The summed E-state index contributed by atoms with van der Waals surface area (Å²) in [5.74, 6) is 0. The average molecular weight is 229 g/mol. The molecule has 17 heavy (non-hydrogen) atoms. The van der Waals surface area contributed by atoms with Gasteiger partial charge in [-0.05, 0) is 24.8 Å². The van der Waals surface area contributed by atoms with E-state index >= 15 is 0 Å². The Hall–Kier alpha value is -1.61. The first kappa shape index (κ1) is 11.9. The average Bonchev–Trinajstić information content (AvgIpc) is 2.84. The van der Waals surface area contributed by atoms with Crippen molar-refractivity contribution < 1.29 is 0 Å². The van der Waals surface area contributed by atoms with Crippen LogP contribution in [-0.2, 0) is 19.5 Å². The molecule has 3 heteroatoms. The van der Waals surface area contributed by atoms with E-state index in [0.29, 0.717) is 6.54 Å². The number of rotatable bonds is 6. The van der Waals surface area contributed by atoms with Crippen LogP contribution in [0.5, 0.6) is 0 Å². The highest BCUT2D eigenvalue weighted by Gasteiger charge is 1.97. The number of nitrogens with zero attached hydrogens (tertiary/aromatic N) is 2. The van der Waals surface area contributed by atoms with Gasteiger partial charge in [-0.3, -0.25) is 0 Å². The van der Waals surface area contributed by atoms with Crippen molar-refractivity contribution in [1.82, 2.24) is 9.55 Å². The summed E-state index contributed by atoms with van der Waals surface area (Å²) in [6, 6.07) is 10.6. The number of aromatic nitrogens is 2. The fraction of sp³-hybridized carbons (Fsp3) is 0.357. The highest BCUT2D eigenvalue weighted by Crippen LogP contribution is 2.06. The summed E-state index contributed by atoms with van der Waals surface area (Å²) in [4.78, 5) is 4.21. The standard InChI is InChI=1S/C14H19N3/c15-10-14-11-17(12-16-14)9-5-4-8-13-6-2-1-3-7-13/h1-3,6-7,11-12H,4-5,8-10,15H2. The van der Waals surface area contributed by atoms with E-state index in [1.54, 1.807) is 0 Å². The minimum Gasteiger partial charge on any atom is -0.337 e. The summed E-state index contributed by atoms with van der Waals surface area (Å²) in [7, 11) is 0. The van der Waals surface area contributed by atoms with Gasteiger partial charge in [0.15, 0.2) is 0 Å². The van der Waals surface area contributed by atoms with E-state index in [4.69, 9.17) is 5.73 Å². The first-order valence-corrected chi connectivity index (χ1v) is 6.13.